The largest absolute Gasteiger partial charge is 0.356 e. The van der Waals surface area contributed by atoms with Crippen LogP contribution in [-0.2, 0) is 17.8 Å². The van der Waals surface area contributed by atoms with Gasteiger partial charge in [0.15, 0.2) is 5.58 Å². The first kappa shape index (κ1) is 15.3. The molecule has 0 bridgehead atoms. The lowest BCUT2D eigenvalue weighted by Gasteiger charge is -2.05. The first-order chi connectivity index (χ1) is 11.0. The second kappa shape index (κ2) is 6.24. The molecule has 4 nitrogen and oxygen atoms in total. The van der Waals surface area contributed by atoms with Gasteiger partial charge < -0.3 is 9.84 Å². The van der Waals surface area contributed by atoms with Crippen molar-refractivity contribution >= 4 is 16.9 Å². The number of benzene rings is 2. The first-order valence-electron chi connectivity index (χ1n) is 7.70. The molecule has 118 valence electrons. The lowest BCUT2D eigenvalue weighted by atomic mass is 10.0. The zero-order valence-electron chi connectivity index (χ0n) is 13.6. The van der Waals surface area contributed by atoms with Crippen LogP contribution in [-0.4, -0.2) is 11.1 Å². The highest BCUT2D eigenvalue weighted by atomic mass is 16.5. The van der Waals surface area contributed by atoms with E-state index in [1.165, 1.54) is 5.56 Å². The van der Waals surface area contributed by atoms with Gasteiger partial charge in [-0.1, -0.05) is 41.1 Å². The summed E-state index contributed by atoms with van der Waals surface area (Å²) >= 11 is 0. The average molecular weight is 308 g/mol. The molecule has 0 radical (unpaired) electrons. The summed E-state index contributed by atoms with van der Waals surface area (Å²) in [6.45, 7) is 6.60. The van der Waals surface area contributed by atoms with E-state index in [4.69, 9.17) is 4.52 Å². The molecule has 1 amide bonds. The molecule has 1 N–H and O–H groups in total. The Morgan fingerprint density at radius 3 is 2.57 bits per heavy atom. The Morgan fingerprint density at radius 2 is 1.83 bits per heavy atom. The van der Waals surface area contributed by atoms with Crippen molar-refractivity contribution in [3.63, 3.8) is 0 Å². The summed E-state index contributed by atoms with van der Waals surface area (Å²) in [5.41, 5.74) is 5.94. The normalized spacial score (nSPS) is 10.9. The monoisotopic (exact) mass is 308 g/mol. The van der Waals surface area contributed by atoms with Crippen LogP contribution in [0.3, 0.4) is 0 Å². The van der Waals surface area contributed by atoms with Crippen LogP contribution in [0.4, 0.5) is 0 Å². The van der Waals surface area contributed by atoms with Crippen LogP contribution in [0.5, 0.6) is 0 Å². The SMILES string of the molecule is Cc1ccc(CNC(=O)Cc2noc3cc(C)cc(C)c23)cc1. The van der Waals surface area contributed by atoms with Crippen molar-refractivity contribution in [2.75, 3.05) is 0 Å². The molecule has 0 spiro atoms. The third kappa shape index (κ3) is 3.42. The highest BCUT2D eigenvalue weighted by Gasteiger charge is 2.14. The highest BCUT2D eigenvalue weighted by molar-refractivity contribution is 5.88. The Hall–Kier alpha value is -2.62. The summed E-state index contributed by atoms with van der Waals surface area (Å²) in [5, 5.41) is 7.95. The molecule has 0 fully saturated rings. The third-order valence-corrected chi connectivity index (χ3v) is 3.92. The van der Waals surface area contributed by atoms with Crippen molar-refractivity contribution < 1.29 is 9.32 Å². The molecule has 1 aromatic heterocycles. The fourth-order valence-corrected chi connectivity index (χ4v) is 2.76. The van der Waals surface area contributed by atoms with E-state index in [0.29, 0.717) is 12.2 Å². The Bertz CT molecular complexity index is 848. The maximum atomic E-state index is 12.2. The molecule has 0 aliphatic carbocycles. The molecule has 0 aliphatic rings. The molecule has 3 aromatic rings. The summed E-state index contributed by atoms with van der Waals surface area (Å²) in [5.74, 6) is -0.0549. The number of aryl methyl sites for hydroxylation is 3. The van der Waals surface area contributed by atoms with Crippen molar-refractivity contribution in [1.29, 1.82) is 0 Å². The number of nitrogens with zero attached hydrogens (tertiary/aromatic N) is 1. The van der Waals surface area contributed by atoms with Crippen LogP contribution < -0.4 is 5.32 Å². The van der Waals surface area contributed by atoms with Gasteiger partial charge in [-0.05, 0) is 43.5 Å². The fraction of sp³-hybridized carbons (Fsp3) is 0.263. The van der Waals surface area contributed by atoms with Crippen LogP contribution in [0, 0.1) is 20.8 Å². The van der Waals surface area contributed by atoms with E-state index in [0.717, 1.165) is 27.7 Å². The number of hydrogen-bond acceptors (Lipinski definition) is 3. The summed E-state index contributed by atoms with van der Waals surface area (Å²) in [6, 6.07) is 12.1. The van der Waals surface area contributed by atoms with Crippen LogP contribution in [0.1, 0.15) is 27.9 Å². The molecule has 2 aromatic carbocycles. The zero-order valence-corrected chi connectivity index (χ0v) is 13.6. The fourth-order valence-electron chi connectivity index (χ4n) is 2.76. The standard InChI is InChI=1S/C19H20N2O2/c1-12-4-6-15(7-5-12)11-20-18(22)10-16-19-14(3)8-13(2)9-17(19)23-21-16/h4-9H,10-11H2,1-3H3,(H,20,22). The average Bonchev–Trinajstić information content (AvgIpc) is 2.89. The molecule has 0 saturated carbocycles. The van der Waals surface area contributed by atoms with Crippen LogP contribution in [0.2, 0.25) is 0 Å². The first-order valence-corrected chi connectivity index (χ1v) is 7.70. The van der Waals surface area contributed by atoms with Crippen LogP contribution in [0.25, 0.3) is 11.0 Å². The maximum absolute atomic E-state index is 12.2. The number of nitrogens with one attached hydrogen (secondary N) is 1. The second-order valence-corrected chi connectivity index (χ2v) is 6.02. The molecular weight excluding hydrogens is 288 g/mol. The molecule has 0 unspecified atom stereocenters. The predicted molar refractivity (Wildman–Crippen MR) is 90.2 cm³/mol. The minimum Gasteiger partial charge on any atom is -0.356 e. The van der Waals surface area contributed by atoms with E-state index >= 15 is 0 Å². The Labute approximate surface area is 135 Å². The molecule has 0 atom stereocenters. The van der Waals surface area contributed by atoms with Gasteiger partial charge in [-0.2, -0.15) is 0 Å². The van der Waals surface area contributed by atoms with Gasteiger partial charge in [0.1, 0.15) is 5.69 Å². The Kier molecular flexibility index (Phi) is 4.15. The molecule has 3 rings (SSSR count). The summed E-state index contributed by atoms with van der Waals surface area (Å²) in [6.07, 6.45) is 0.225. The highest BCUT2D eigenvalue weighted by Crippen LogP contribution is 2.24. The summed E-state index contributed by atoms with van der Waals surface area (Å²) in [4.78, 5) is 12.2. The van der Waals surface area contributed by atoms with Gasteiger partial charge in [-0.15, -0.1) is 0 Å². The van der Waals surface area contributed by atoms with E-state index < -0.39 is 0 Å². The molecule has 4 heteroatoms. The van der Waals surface area contributed by atoms with E-state index in [-0.39, 0.29) is 12.3 Å². The lowest BCUT2D eigenvalue weighted by Crippen LogP contribution is -2.24. The van der Waals surface area contributed by atoms with Gasteiger partial charge in [-0.25, -0.2) is 0 Å². The van der Waals surface area contributed by atoms with Crippen molar-refractivity contribution in [2.45, 2.75) is 33.7 Å². The summed E-state index contributed by atoms with van der Waals surface area (Å²) in [7, 11) is 0. The molecule has 23 heavy (non-hydrogen) atoms. The number of carbonyl (C=O) groups excluding carboxylic acids is 1. The van der Waals surface area contributed by atoms with Gasteiger partial charge in [0.25, 0.3) is 0 Å². The number of aromatic nitrogens is 1. The van der Waals surface area contributed by atoms with Crippen molar-refractivity contribution in [2.24, 2.45) is 0 Å². The third-order valence-electron chi connectivity index (χ3n) is 3.92. The van der Waals surface area contributed by atoms with Gasteiger partial charge in [-0.3, -0.25) is 4.79 Å². The quantitative estimate of drug-likeness (QED) is 0.801. The van der Waals surface area contributed by atoms with E-state index in [1.807, 2.05) is 51.1 Å². The van der Waals surface area contributed by atoms with Crippen molar-refractivity contribution in [3.05, 3.63) is 64.3 Å². The number of hydrogen-bond donors (Lipinski definition) is 1. The van der Waals surface area contributed by atoms with Gasteiger partial charge in [0.05, 0.1) is 6.42 Å². The molecular formula is C19H20N2O2. The van der Waals surface area contributed by atoms with Gasteiger partial charge >= 0.3 is 0 Å². The predicted octanol–water partition coefficient (Wildman–Crippen LogP) is 3.61. The zero-order chi connectivity index (χ0) is 16.4. The van der Waals surface area contributed by atoms with E-state index in [9.17, 15) is 4.79 Å². The Morgan fingerprint density at radius 1 is 1.09 bits per heavy atom. The van der Waals surface area contributed by atoms with Crippen molar-refractivity contribution in [1.82, 2.24) is 10.5 Å². The van der Waals surface area contributed by atoms with Crippen LogP contribution in [0.15, 0.2) is 40.9 Å². The lowest BCUT2D eigenvalue weighted by molar-refractivity contribution is -0.120. The van der Waals surface area contributed by atoms with Gasteiger partial charge in [0.2, 0.25) is 5.91 Å². The maximum Gasteiger partial charge on any atom is 0.226 e. The van der Waals surface area contributed by atoms with E-state index in [1.54, 1.807) is 0 Å². The van der Waals surface area contributed by atoms with Crippen LogP contribution >= 0.6 is 0 Å². The molecule has 0 saturated heterocycles. The van der Waals surface area contributed by atoms with Crippen molar-refractivity contribution in [3.8, 4) is 0 Å². The number of fused-ring (bicyclic) bond motifs is 1. The topological polar surface area (TPSA) is 55.1 Å². The molecule has 1 heterocycles. The van der Waals surface area contributed by atoms with Gasteiger partial charge in [0, 0.05) is 11.9 Å². The smallest absolute Gasteiger partial charge is 0.226 e. The Balaban J connectivity index is 1.69. The minimum absolute atomic E-state index is 0.0549. The second-order valence-electron chi connectivity index (χ2n) is 6.02. The van der Waals surface area contributed by atoms with E-state index in [2.05, 4.69) is 16.5 Å². The number of rotatable bonds is 4. The number of carbonyl (C=O) groups is 1. The number of amides is 1. The minimum atomic E-state index is -0.0549. The summed E-state index contributed by atoms with van der Waals surface area (Å²) < 4.78 is 5.36. The molecule has 0 aliphatic heterocycles.